The lowest BCUT2D eigenvalue weighted by Crippen LogP contribution is -2.05. The van der Waals surface area contributed by atoms with Crippen LogP contribution >= 0.6 is 11.8 Å². The van der Waals surface area contributed by atoms with Crippen molar-refractivity contribution in [2.75, 3.05) is 6.54 Å². The highest BCUT2D eigenvalue weighted by Crippen LogP contribution is 2.32. The number of pyridine rings is 1. The Balaban J connectivity index is 2.06. The van der Waals surface area contributed by atoms with Gasteiger partial charge in [-0.3, -0.25) is 0 Å². The van der Waals surface area contributed by atoms with E-state index in [4.69, 9.17) is 10.7 Å². The Kier molecular flexibility index (Phi) is 3.76. The molecule has 3 nitrogen and oxygen atoms in total. The van der Waals surface area contributed by atoms with Gasteiger partial charge in [0.2, 0.25) is 0 Å². The quantitative estimate of drug-likeness (QED) is 0.799. The number of hydrogen-bond acceptors (Lipinski definition) is 3. The van der Waals surface area contributed by atoms with Gasteiger partial charge in [0.15, 0.2) is 0 Å². The average molecular weight is 283 g/mol. The van der Waals surface area contributed by atoms with Gasteiger partial charge in [-0.25, -0.2) is 4.98 Å². The molecule has 20 heavy (non-hydrogen) atoms. The predicted molar refractivity (Wildman–Crippen MR) is 83.3 cm³/mol. The second-order valence-electron chi connectivity index (χ2n) is 4.70. The van der Waals surface area contributed by atoms with Crippen molar-refractivity contribution in [1.82, 2.24) is 9.38 Å². The Bertz CT molecular complexity index is 733. The summed E-state index contributed by atoms with van der Waals surface area (Å²) in [6.07, 6.45) is 2.88. The largest absolute Gasteiger partial charge is 0.330 e. The summed E-state index contributed by atoms with van der Waals surface area (Å²) in [5, 5.41) is 1.05. The fourth-order valence-corrected chi connectivity index (χ4v) is 3.29. The average Bonchev–Trinajstić information content (AvgIpc) is 2.80. The van der Waals surface area contributed by atoms with Gasteiger partial charge in [-0.2, -0.15) is 0 Å². The lowest BCUT2D eigenvalue weighted by molar-refractivity contribution is 0.876. The highest BCUT2D eigenvalue weighted by Gasteiger charge is 2.13. The zero-order chi connectivity index (χ0) is 13.9. The summed E-state index contributed by atoms with van der Waals surface area (Å²) in [5.41, 5.74) is 9.19. The fraction of sp³-hybridized carbons (Fsp3) is 0.188. The number of nitrogens with zero attached hydrogens (tertiary/aromatic N) is 2. The molecule has 0 radical (unpaired) electrons. The summed E-state index contributed by atoms with van der Waals surface area (Å²) in [4.78, 5) is 5.98. The topological polar surface area (TPSA) is 43.3 Å². The molecule has 0 aliphatic carbocycles. The van der Waals surface area contributed by atoms with E-state index in [0.29, 0.717) is 6.54 Å². The first-order chi connectivity index (χ1) is 9.79. The molecule has 0 aliphatic rings. The van der Waals surface area contributed by atoms with Gasteiger partial charge >= 0.3 is 0 Å². The molecule has 2 heterocycles. The van der Waals surface area contributed by atoms with Gasteiger partial charge in [0.25, 0.3) is 0 Å². The van der Waals surface area contributed by atoms with E-state index in [1.165, 1.54) is 16.2 Å². The molecule has 0 aliphatic heterocycles. The fourth-order valence-electron chi connectivity index (χ4n) is 2.25. The van der Waals surface area contributed by atoms with E-state index in [0.717, 1.165) is 17.1 Å². The molecule has 4 heteroatoms. The number of imidazole rings is 1. The van der Waals surface area contributed by atoms with Crippen LogP contribution in [0.2, 0.25) is 0 Å². The van der Waals surface area contributed by atoms with Crippen LogP contribution in [0.15, 0.2) is 58.6 Å². The maximum Gasteiger partial charge on any atom is 0.138 e. The van der Waals surface area contributed by atoms with Crippen molar-refractivity contribution in [2.45, 2.75) is 23.3 Å². The van der Waals surface area contributed by atoms with Crippen LogP contribution in [0.3, 0.4) is 0 Å². The minimum Gasteiger partial charge on any atom is -0.330 e. The van der Waals surface area contributed by atoms with Crippen LogP contribution in [0.25, 0.3) is 5.65 Å². The molecule has 0 unspecified atom stereocenters. The Morgan fingerprint density at radius 3 is 2.75 bits per heavy atom. The van der Waals surface area contributed by atoms with Crippen molar-refractivity contribution >= 4 is 17.4 Å². The third kappa shape index (κ3) is 2.44. The first-order valence-corrected chi connectivity index (χ1v) is 7.51. The molecular formula is C16H17N3S. The Hall–Kier alpha value is -1.78. The van der Waals surface area contributed by atoms with Crippen LogP contribution in [0.5, 0.6) is 0 Å². The minimum absolute atomic E-state index is 0.629. The molecule has 0 saturated carbocycles. The molecule has 3 rings (SSSR count). The van der Waals surface area contributed by atoms with Crippen molar-refractivity contribution < 1.29 is 0 Å². The number of nitrogens with two attached hydrogens (primary N) is 1. The molecule has 0 spiro atoms. The predicted octanol–water partition coefficient (Wildman–Crippen LogP) is 3.30. The first-order valence-electron chi connectivity index (χ1n) is 6.69. The van der Waals surface area contributed by atoms with Gasteiger partial charge in [-0.05, 0) is 37.2 Å². The van der Waals surface area contributed by atoms with E-state index in [1.54, 1.807) is 11.8 Å². The maximum atomic E-state index is 5.75. The first kappa shape index (κ1) is 13.2. The Morgan fingerprint density at radius 2 is 1.95 bits per heavy atom. The van der Waals surface area contributed by atoms with Crippen molar-refractivity contribution in [3.63, 3.8) is 0 Å². The monoisotopic (exact) mass is 283 g/mol. The van der Waals surface area contributed by atoms with Crippen LogP contribution in [0, 0.1) is 6.92 Å². The molecule has 0 fully saturated rings. The van der Waals surface area contributed by atoms with Crippen LogP contribution in [0.1, 0.15) is 11.3 Å². The second-order valence-corrected chi connectivity index (χ2v) is 5.73. The van der Waals surface area contributed by atoms with Gasteiger partial charge < -0.3 is 10.1 Å². The summed E-state index contributed by atoms with van der Waals surface area (Å²) in [6, 6.07) is 14.4. The van der Waals surface area contributed by atoms with Crippen molar-refractivity contribution in [3.8, 4) is 0 Å². The molecule has 2 aromatic heterocycles. The third-order valence-corrected chi connectivity index (χ3v) is 4.47. The van der Waals surface area contributed by atoms with Gasteiger partial charge in [0, 0.05) is 17.5 Å². The highest BCUT2D eigenvalue weighted by molar-refractivity contribution is 7.99. The van der Waals surface area contributed by atoms with E-state index in [1.807, 2.05) is 18.2 Å². The number of rotatable bonds is 4. The lowest BCUT2D eigenvalue weighted by Gasteiger charge is -2.05. The van der Waals surface area contributed by atoms with Crippen LogP contribution < -0.4 is 5.73 Å². The van der Waals surface area contributed by atoms with Crippen molar-refractivity contribution in [2.24, 2.45) is 5.73 Å². The maximum absolute atomic E-state index is 5.75. The molecule has 2 N–H and O–H groups in total. The van der Waals surface area contributed by atoms with Crippen LogP contribution in [-0.4, -0.2) is 15.9 Å². The molecule has 0 bridgehead atoms. The number of benzene rings is 1. The molecule has 1 aromatic carbocycles. The van der Waals surface area contributed by atoms with Gasteiger partial charge in [-0.15, -0.1) is 0 Å². The summed E-state index contributed by atoms with van der Waals surface area (Å²) < 4.78 is 2.13. The number of hydrogen-bond donors (Lipinski definition) is 1. The van der Waals surface area contributed by atoms with Crippen molar-refractivity contribution in [3.05, 3.63) is 59.9 Å². The van der Waals surface area contributed by atoms with Crippen molar-refractivity contribution in [1.29, 1.82) is 0 Å². The molecule has 3 aromatic rings. The van der Waals surface area contributed by atoms with E-state index < -0.39 is 0 Å². The number of fused-ring (bicyclic) bond motifs is 1. The van der Waals surface area contributed by atoms with Gasteiger partial charge in [0.05, 0.1) is 5.69 Å². The zero-order valence-electron chi connectivity index (χ0n) is 11.4. The standard InChI is InChI=1S/C16H17N3S/c1-12-6-2-3-7-14(12)20-16-13(9-10-17)19-11-5-4-8-15(19)18-16/h2-8,11H,9-10,17H2,1H3. The minimum atomic E-state index is 0.629. The molecule has 102 valence electrons. The van der Waals surface area contributed by atoms with Gasteiger partial charge in [0.1, 0.15) is 10.7 Å². The molecule has 0 saturated heterocycles. The number of aryl methyl sites for hydroxylation is 1. The van der Waals surface area contributed by atoms with Gasteiger partial charge in [-0.1, -0.05) is 36.0 Å². The lowest BCUT2D eigenvalue weighted by atomic mass is 10.2. The van der Waals surface area contributed by atoms with E-state index >= 15 is 0 Å². The Morgan fingerprint density at radius 1 is 1.15 bits per heavy atom. The normalized spacial score (nSPS) is 11.1. The molecular weight excluding hydrogens is 266 g/mol. The highest BCUT2D eigenvalue weighted by atomic mass is 32.2. The summed E-state index contributed by atoms with van der Waals surface area (Å²) in [5.74, 6) is 0. The molecule has 0 amide bonds. The summed E-state index contributed by atoms with van der Waals surface area (Å²) in [6.45, 7) is 2.75. The van der Waals surface area contributed by atoms with E-state index in [9.17, 15) is 0 Å². The number of aromatic nitrogens is 2. The zero-order valence-corrected chi connectivity index (χ0v) is 12.2. The van der Waals surface area contributed by atoms with Crippen LogP contribution in [-0.2, 0) is 6.42 Å². The van der Waals surface area contributed by atoms with E-state index in [2.05, 4.69) is 41.8 Å². The van der Waals surface area contributed by atoms with Crippen LogP contribution in [0.4, 0.5) is 0 Å². The van der Waals surface area contributed by atoms with E-state index in [-0.39, 0.29) is 0 Å². The second kappa shape index (κ2) is 5.69. The summed E-state index contributed by atoms with van der Waals surface area (Å²) >= 11 is 1.72. The Labute approximate surface area is 122 Å². The SMILES string of the molecule is Cc1ccccc1Sc1nc2ccccn2c1CCN. The smallest absolute Gasteiger partial charge is 0.138 e. The summed E-state index contributed by atoms with van der Waals surface area (Å²) in [7, 11) is 0. The molecule has 0 atom stereocenters. The third-order valence-electron chi connectivity index (χ3n) is 3.27.